The van der Waals surface area contributed by atoms with Crippen molar-refractivity contribution in [1.29, 1.82) is 0 Å². The van der Waals surface area contributed by atoms with Crippen molar-refractivity contribution < 1.29 is 13.9 Å². The first-order valence-electron chi connectivity index (χ1n) is 4.47. The van der Waals surface area contributed by atoms with Gasteiger partial charge in [-0.3, -0.25) is 5.10 Å². The van der Waals surface area contributed by atoms with Crippen LogP contribution in [0.1, 0.15) is 10.6 Å². The number of carbonyl (C=O) groups excluding carboxylic acids is 1. The number of H-pyrrole nitrogens is 1. The Balaban J connectivity index is 2.31. The summed E-state index contributed by atoms with van der Waals surface area (Å²) in [6.07, 6.45) is 0. The van der Waals surface area contributed by atoms with Crippen molar-refractivity contribution in [3.05, 3.63) is 35.9 Å². The normalized spacial score (nSPS) is 10.1. The zero-order valence-electron chi connectivity index (χ0n) is 8.40. The largest absolute Gasteiger partial charge is 0.463 e. The molecule has 0 spiro atoms. The Bertz CT molecular complexity index is 507. The molecular formula is C10H8FN3O2. The summed E-state index contributed by atoms with van der Waals surface area (Å²) in [5.74, 6) is -0.601. The molecule has 2 rings (SSSR count). The molecule has 0 unspecified atom stereocenters. The minimum Gasteiger partial charge on any atom is -0.463 e. The number of hydrogen-bond acceptors (Lipinski definition) is 4. The Hall–Kier alpha value is -2.24. The Morgan fingerprint density at radius 2 is 2.06 bits per heavy atom. The maximum Gasteiger partial charge on any atom is 0.375 e. The number of nitrogens with zero attached hydrogens (tertiary/aromatic N) is 2. The van der Waals surface area contributed by atoms with Crippen molar-refractivity contribution in [2.75, 3.05) is 7.11 Å². The summed E-state index contributed by atoms with van der Waals surface area (Å²) >= 11 is 0. The van der Waals surface area contributed by atoms with E-state index in [1.807, 2.05) is 0 Å². The van der Waals surface area contributed by atoms with E-state index < -0.39 is 5.97 Å². The van der Waals surface area contributed by atoms with E-state index in [4.69, 9.17) is 0 Å². The third-order valence-corrected chi connectivity index (χ3v) is 1.97. The standard InChI is InChI=1S/C10H8FN3O2/c1-16-10(15)9-12-8(13-14-9)6-2-4-7(11)5-3-6/h2-5H,1H3,(H,12,13,14). The van der Waals surface area contributed by atoms with Gasteiger partial charge in [-0.1, -0.05) is 0 Å². The van der Waals surface area contributed by atoms with E-state index >= 15 is 0 Å². The van der Waals surface area contributed by atoms with Gasteiger partial charge < -0.3 is 4.74 Å². The van der Waals surface area contributed by atoms with Gasteiger partial charge in [0.25, 0.3) is 0 Å². The molecule has 1 aromatic heterocycles. The fraction of sp³-hybridized carbons (Fsp3) is 0.100. The molecule has 2 aromatic rings. The molecule has 0 bridgehead atoms. The third kappa shape index (κ3) is 1.90. The molecule has 6 heteroatoms. The molecule has 1 N–H and O–H groups in total. The molecule has 0 amide bonds. The number of benzene rings is 1. The van der Waals surface area contributed by atoms with Gasteiger partial charge in [-0.15, -0.1) is 0 Å². The zero-order chi connectivity index (χ0) is 11.5. The lowest BCUT2D eigenvalue weighted by molar-refractivity contribution is 0.0587. The first kappa shape index (κ1) is 10.3. The van der Waals surface area contributed by atoms with Crippen molar-refractivity contribution in [3.8, 4) is 11.4 Å². The van der Waals surface area contributed by atoms with E-state index in [-0.39, 0.29) is 11.6 Å². The minimum absolute atomic E-state index is 0.0156. The van der Waals surface area contributed by atoms with Crippen LogP contribution < -0.4 is 0 Å². The van der Waals surface area contributed by atoms with Crippen LogP contribution in [0.25, 0.3) is 11.4 Å². The lowest BCUT2D eigenvalue weighted by atomic mass is 10.2. The van der Waals surface area contributed by atoms with Gasteiger partial charge in [0.05, 0.1) is 7.11 Å². The van der Waals surface area contributed by atoms with Crippen molar-refractivity contribution in [1.82, 2.24) is 15.2 Å². The predicted octanol–water partition coefficient (Wildman–Crippen LogP) is 1.40. The van der Waals surface area contributed by atoms with E-state index in [2.05, 4.69) is 19.9 Å². The lowest BCUT2D eigenvalue weighted by Crippen LogP contribution is -2.03. The predicted molar refractivity (Wildman–Crippen MR) is 53.1 cm³/mol. The van der Waals surface area contributed by atoms with Crippen molar-refractivity contribution in [2.24, 2.45) is 0 Å². The first-order chi connectivity index (χ1) is 7.70. The number of esters is 1. The second-order valence-electron chi connectivity index (χ2n) is 3.01. The van der Waals surface area contributed by atoms with Gasteiger partial charge in [-0.05, 0) is 24.3 Å². The molecule has 82 valence electrons. The number of ether oxygens (including phenoxy) is 1. The summed E-state index contributed by atoms with van der Waals surface area (Å²) in [6, 6.07) is 5.64. The van der Waals surface area contributed by atoms with Crippen LogP contribution in [0.2, 0.25) is 0 Å². The number of methoxy groups -OCH3 is 1. The summed E-state index contributed by atoms with van der Waals surface area (Å²) in [4.78, 5) is 15.0. The molecule has 0 aliphatic heterocycles. The van der Waals surface area contributed by atoms with Crippen molar-refractivity contribution in [3.63, 3.8) is 0 Å². The SMILES string of the molecule is COC(=O)c1nc(-c2ccc(F)cc2)n[nH]1. The van der Waals surface area contributed by atoms with Crippen molar-refractivity contribution >= 4 is 5.97 Å². The first-order valence-corrected chi connectivity index (χ1v) is 4.47. The second kappa shape index (κ2) is 4.09. The number of carbonyl (C=O) groups is 1. The third-order valence-electron chi connectivity index (χ3n) is 1.97. The molecule has 16 heavy (non-hydrogen) atoms. The van der Waals surface area contributed by atoms with Gasteiger partial charge >= 0.3 is 5.97 Å². The van der Waals surface area contributed by atoms with E-state index in [1.165, 1.54) is 31.4 Å². The van der Waals surface area contributed by atoms with Crippen LogP contribution >= 0.6 is 0 Å². The number of aromatic amines is 1. The smallest absolute Gasteiger partial charge is 0.375 e. The summed E-state index contributed by atoms with van der Waals surface area (Å²) in [5, 5.41) is 6.27. The lowest BCUT2D eigenvalue weighted by Gasteiger charge is -1.93. The van der Waals surface area contributed by atoms with Crippen LogP contribution in [0.5, 0.6) is 0 Å². The second-order valence-corrected chi connectivity index (χ2v) is 3.01. The maximum atomic E-state index is 12.7. The summed E-state index contributed by atoms with van der Waals surface area (Å²) in [6.45, 7) is 0. The van der Waals surface area contributed by atoms with Gasteiger partial charge in [0.15, 0.2) is 5.82 Å². The Labute approximate surface area is 90.3 Å². The highest BCUT2D eigenvalue weighted by atomic mass is 19.1. The molecule has 5 nitrogen and oxygen atoms in total. The highest BCUT2D eigenvalue weighted by Crippen LogP contribution is 2.14. The number of hydrogen-bond donors (Lipinski definition) is 1. The minimum atomic E-state index is -0.596. The van der Waals surface area contributed by atoms with Gasteiger partial charge in [0.2, 0.25) is 5.82 Å². The Morgan fingerprint density at radius 3 is 2.69 bits per heavy atom. The van der Waals surface area contributed by atoms with Crippen LogP contribution in [0.3, 0.4) is 0 Å². The molecule has 1 heterocycles. The van der Waals surface area contributed by atoms with E-state index in [0.29, 0.717) is 11.4 Å². The van der Waals surface area contributed by atoms with E-state index in [0.717, 1.165) is 0 Å². The monoisotopic (exact) mass is 221 g/mol. The number of aromatic nitrogens is 3. The molecule has 0 fully saturated rings. The average Bonchev–Trinajstić information content (AvgIpc) is 2.78. The summed E-state index contributed by atoms with van der Waals surface area (Å²) in [5.41, 5.74) is 0.618. The number of halogens is 1. The zero-order valence-corrected chi connectivity index (χ0v) is 8.40. The molecular weight excluding hydrogens is 213 g/mol. The van der Waals surface area contributed by atoms with Gasteiger partial charge in [0, 0.05) is 5.56 Å². The average molecular weight is 221 g/mol. The van der Waals surface area contributed by atoms with E-state index in [1.54, 1.807) is 0 Å². The van der Waals surface area contributed by atoms with Crippen LogP contribution in [-0.4, -0.2) is 28.3 Å². The summed E-state index contributed by atoms with van der Waals surface area (Å²) in [7, 11) is 1.25. The Kier molecular flexibility index (Phi) is 2.63. The molecule has 0 atom stereocenters. The molecule has 0 saturated heterocycles. The van der Waals surface area contributed by atoms with Gasteiger partial charge in [-0.2, -0.15) is 5.10 Å². The highest BCUT2D eigenvalue weighted by Gasteiger charge is 2.12. The molecule has 0 aliphatic carbocycles. The number of nitrogens with one attached hydrogen (secondary N) is 1. The quantitative estimate of drug-likeness (QED) is 0.778. The molecule has 0 aliphatic rings. The molecule has 0 saturated carbocycles. The van der Waals surface area contributed by atoms with Crippen LogP contribution in [0.4, 0.5) is 4.39 Å². The van der Waals surface area contributed by atoms with Crippen LogP contribution in [0.15, 0.2) is 24.3 Å². The van der Waals surface area contributed by atoms with Crippen LogP contribution in [-0.2, 0) is 4.74 Å². The van der Waals surface area contributed by atoms with Gasteiger partial charge in [-0.25, -0.2) is 14.2 Å². The molecule has 0 radical (unpaired) electrons. The fourth-order valence-electron chi connectivity index (χ4n) is 1.18. The Morgan fingerprint density at radius 1 is 1.38 bits per heavy atom. The highest BCUT2D eigenvalue weighted by molar-refractivity contribution is 5.85. The van der Waals surface area contributed by atoms with E-state index in [9.17, 15) is 9.18 Å². The maximum absolute atomic E-state index is 12.7. The number of rotatable bonds is 2. The van der Waals surface area contributed by atoms with Gasteiger partial charge in [0.1, 0.15) is 5.82 Å². The fourth-order valence-corrected chi connectivity index (χ4v) is 1.18. The topological polar surface area (TPSA) is 67.9 Å². The van der Waals surface area contributed by atoms with Crippen molar-refractivity contribution in [2.45, 2.75) is 0 Å². The molecule has 1 aromatic carbocycles. The summed E-state index contributed by atoms with van der Waals surface area (Å²) < 4.78 is 17.1. The van der Waals surface area contributed by atoms with Crippen LogP contribution in [0, 0.1) is 5.82 Å².